The van der Waals surface area contributed by atoms with E-state index in [0.717, 1.165) is 19.5 Å². The van der Waals surface area contributed by atoms with Crippen molar-refractivity contribution in [2.45, 2.75) is 13.3 Å². The highest BCUT2D eigenvalue weighted by Crippen LogP contribution is 2.24. The van der Waals surface area contributed by atoms with Gasteiger partial charge in [-0.3, -0.25) is 0 Å². The molecule has 0 radical (unpaired) electrons. The zero-order chi connectivity index (χ0) is 10.8. The number of anilines is 1. The van der Waals surface area contributed by atoms with E-state index in [9.17, 15) is 4.79 Å². The van der Waals surface area contributed by atoms with Gasteiger partial charge in [-0.1, -0.05) is 6.92 Å². The first-order chi connectivity index (χ1) is 7.18. The SMILES string of the molecule is C[C@@H]1CCN(c2ncccc2C(=O)O)C1. The second kappa shape index (κ2) is 3.88. The van der Waals surface area contributed by atoms with Crippen LogP contribution in [-0.2, 0) is 0 Å². The van der Waals surface area contributed by atoms with E-state index in [1.807, 2.05) is 4.90 Å². The summed E-state index contributed by atoms with van der Waals surface area (Å²) in [4.78, 5) is 17.2. The lowest BCUT2D eigenvalue weighted by molar-refractivity contribution is 0.0697. The zero-order valence-electron chi connectivity index (χ0n) is 8.68. The van der Waals surface area contributed by atoms with Crippen molar-refractivity contribution in [3.8, 4) is 0 Å². The Bertz CT molecular complexity index is 379. The van der Waals surface area contributed by atoms with Crippen LogP contribution in [0.4, 0.5) is 5.82 Å². The lowest BCUT2D eigenvalue weighted by Gasteiger charge is -2.18. The molecule has 1 aromatic rings. The Labute approximate surface area is 88.6 Å². The molecule has 1 aliphatic rings. The van der Waals surface area contributed by atoms with Gasteiger partial charge in [-0.25, -0.2) is 9.78 Å². The second-order valence-electron chi connectivity index (χ2n) is 4.02. The number of aromatic carboxylic acids is 1. The number of aromatic nitrogens is 1. The Morgan fingerprint density at radius 3 is 3.07 bits per heavy atom. The fraction of sp³-hybridized carbons (Fsp3) is 0.455. The molecule has 2 rings (SSSR count). The predicted octanol–water partition coefficient (Wildman–Crippen LogP) is 1.63. The second-order valence-corrected chi connectivity index (χ2v) is 4.02. The lowest BCUT2D eigenvalue weighted by Crippen LogP contribution is -2.22. The third-order valence-corrected chi connectivity index (χ3v) is 2.74. The quantitative estimate of drug-likeness (QED) is 0.799. The molecule has 1 aromatic heterocycles. The fourth-order valence-corrected chi connectivity index (χ4v) is 1.94. The minimum Gasteiger partial charge on any atom is -0.478 e. The summed E-state index contributed by atoms with van der Waals surface area (Å²) in [7, 11) is 0. The van der Waals surface area contributed by atoms with Gasteiger partial charge in [0.05, 0.1) is 0 Å². The maximum absolute atomic E-state index is 11.0. The molecular weight excluding hydrogens is 192 g/mol. The lowest BCUT2D eigenvalue weighted by atomic mass is 10.2. The molecule has 1 fully saturated rings. The Kier molecular flexibility index (Phi) is 2.58. The van der Waals surface area contributed by atoms with Crippen molar-refractivity contribution in [1.82, 2.24) is 4.98 Å². The summed E-state index contributed by atoms with van der Waals surface area (Å²) in [6.07, 6.45) is 2.75. The number of carboxylic acids is 1. The van der Waals surface area contributed by atoms with E-state index in [0.29, 0.717) is 17.3 Å². The molecule has 0 saturated carbocycles. The first-order valence-corrected chi connectivity index (χ1v) is 5.11. The van der Waals surface area contributed by atoms with Gasteiger partial charge in [0.25, 0.3) is 0 Å². The zero-order valence-corrected chi connectivity index (χ0v) is 8.68. The molecule has 4 nitrogen and oxygen atoms in total. The molecule has 80 valence electrons. The molecule has 1 atom stereocenters. The minimum absolute atomic E-state index is 0.298. The molecule has 2 heterocycles. The Morgan fingerprint density at radius 2 is 2.47 bits per heavy atom. The van der Waals surface area contributed by atoms with Gasteiger partial charge in [0.2, 0.25) is 0 Å². The average molecular weight is 206 g/mol. The highest BCUT2D eigenvalue weighted by atomic mass is 16.4. The molecule has 1 saturated heterocycles. The summed E-state index contributed by atoms with van der Waals surface area (Å²) < 4.78 is 0. The number of carboxylic acid groups (broad SMARTS) is 1. The van der Waals surface area contributed by atoms with Crippen molar-refractivity contribution in [3.63, 3.8) is 0 Å². The third kappa shape index (κ3) is 1.93. The normalized spacial score (nSPS) is 20.6. The van der Waals surface area contributed by atoms with E-state index >= 15 is 0 Å². The van der Waals surface area contributed by atoms with Crippen LogP contribution >= 0.6 is 0 Å². The van der Waals surface area contributed by atoms with E-state index in [4.69, 9.17) is 5.11 Å². The van der Waals surface area contributed by atoms with E-state index in [2.05, 4.69) is 11.9 Å². The smallest absolute Gasteiger partial charge is 0.339 e. The Hall–Kier alpha value is -1.58. The first kappa shape index (κ1) is 9.96. The number of carbonyl (C=O) groups is 1. The van der Waals surface area contributed by atoms with Gasteiger partial charge in [0.1, 0.15) is 11.4 Å². The summed E-state index contributed by atoms with van der Waals surface area (Å²) in [6, 6.07) is 3.26. The summed E-state index contributed by atoms with van der Waals surface area (Å²) in [5.41, 5.74) is 0.298. The molecule has 0 bridgehead atoms. The van der Waals surface area contributed by atoms with Crippen molar-refractivity contribution in [3.05, 3.63) is 23.9 Å². The summed E-state index contributed by atoms with van der Waals surface area (Å²) >= 11 is 0. The van der Waals surface area contributed by atoms with Crippen LogP contribution in [0.3, 0.4) is 0 Å². The summed E-state index contributed by atoms with van der Waals surface area (Å²) in [5, 5.41) is 9.03. The van der Waals surface area contributed by atoms with Crippen LogP contribution < -0.4 is 4.90 Å². The van der Waals surface area contributed by atoms with Crippen LogP contribution in [0.1, 0.15) is 23.7 Å². The van der Waals surface area contributed by atoms with Gasteiger partial charge in [-0.2, -0.15) is 0 Å². The van der Waals surface area contributed by atoms with Gasteiger partial charge in [-0.15, -0.1) is 0 Å². The van der Waals surface area contributed by atoms with E-state index in [1.165, 1.54) is 0 Å². The average Bonchev–Trinajstić information content (AvgIpc) is 2.65. The van der Waals surface area contributed by atoms with E-state index in [-0.39, 0.29) is 0 Å². The molecule has 1 N–H and O–H groups in total. The molecule has 1 aliphatic heterocycles. The number of nitrogens with zero attached hydrogens (tertiary/aromatic N) is 2. The molecule has 4 heteroatoms. The van der Waals surface area contributed by atoms with Gasteiger partial charge >= 0.3 is 5.97 Å². The van der Waals surface area contributed by atoms with Crippen LogP contribution in [0.15, 0.2) is 18.3 Å². The Morgan fingerprint density at radius 1 is 1.67 bits per heavy atom. The summed E-state index contributed by atoms with van der Waals surface area (Å²) in [6.45, 7) is 3.97. The van der Waals surface area contributed by atoms with Crippen LogP contribution in [0.5, 0.6) is 0 Å². The summed E-state index contributed by atoms with van der Waals surface area (Å²) in [5.74, 6) is 0.320. The third-order valence-electron chi connectivity index (χ3n) is 2.74. The van der Waals surface area contributed by atoms with Crippen LogP contribution in [-0.4, -0.2) is 29.1 Å². The monoisotopic (exact) mass is 206 g/mol. The van der Waals surface area contributed by atoms with Gasteiger partial charge < -0.3 is 10.0 Å². The Balaban J connectivity index is 2.31. The van der Waals surface area contributed by atoms with Crippen LogP contribution in [0.25, 0.3) is 0 Å². The van der Waals surface area contributed by atoms with Gasteiger partial charge in [0, 0.05) is 19.3 Å². The highest BCUT2D eigenvalue weighted by molar-refractivity contribution is 5.93. The van der Waals surface area contributed by atoms with Crippen molar-refractivity contribution in [2.24, 2.45) is 5.92 Å². The predicted molar refractivity (Wildman–Crippen MR) is 57.2 cm³/mol. The van der Waals surface area contributed by atoms with Crippen molar-refractivity contribution in [1.29, 1.82) is 0 Å². The number of pyridine rings is 1. The fourth-order valence-electron chi connectivity index (χ4n) is 1.94. The molecule has 0 amide bonds. The molecule has 15 heavy (non-hydrogen) atoms. The van der Waals surface area contributed by atoms with E-state index < -0.39 is 5.97 Å². The van der Waals surface area contributed by atoms with E-state index in [1.54, 1.807) is 18.3 Å². The van der Waals surface area contributed by atoms with Crippen molar-refractivity contribution >= 4 is 11.8 Å². The molecule has 0 aromatic carbocycles. The molecule has 0 spiro atoms. The van der Waals surface area contributed by atoms with Crippen molar-refractivity contribution in [2.75, 3.05) is 18.0 Å². The standard InChI is InChI=1S/C11H14N2O2/c1-8-4-6-13(7-8)10-9(11(14)15)3-2-5-12-10/h2-3,5,8H,4,6-7H2,1H3,(H,14,15)/t8-/m1/s1. The number of hydrogen-bond donors (Lipinski definition) is 1. The molecule has 0 unspecified atom stereocenters. The van der Waals surface area contributed by atoms with Crippen molar-refractivity contribution < 1.29 is 9.90 Å². The first-order valence-electron chi connectivity index (χ1n) is 5.11. The molecule has 0 aliphatic carbocycles. The van der Waals surface area contributed by atoms with Gasteiger partial charge in [-0.05, 0) is 24.5 Å². The molecular formula is C11H14N2O2. The number of hydrogen-bond acceptors (Lipinski definition) is 3. The maximum Gasteiger partial charge on any atom is 0.339 e. The van der Waals surface area contributed by atoms with Crippen LogP contribution in [0.2, 0.25) is 0 Å². The maximum atomic E-state index is 11.0. The largest absolute Gasteiger partial charge is 0.478 e. The van der Waals surface area contributed by atoms with Gasteiger partial charge in [0.15, 0.2) is 0 Å². The topological polar surface area (TPSA) is 53.4 Å². The van der Waals surface area contributed by atoms with Crippen LogP contribution in [0, 0.1) is 5.92 Å². The highest BCUT2D eigenvalue weighted by Gasteiger charge is 2.23. The minimum atomic E-state index is -0.905. The number of rotatable bonds is 2.